The van der Waals surface area contributed by atoms with Crippen LogP contribution in [0.1, 0.15) is 47.1 Å². The predicted octanol–water partition coefficient (Wildman–Crippen LogP) is 2.38. The minimum atomic E-state index is -3.25. The average Bonchev–Trinajstić information content (AvgIpc) is 2.57. The Balaban J connectivity index is 2.22. The summed E-state index contributed by atoms with van der Waals surface area (Å²) < 4.78 is 24.9. The number of aromatic nitrogens is 1. The lowest BCUT2D eigenvalue weighted by molar-refractivity contribution is 0.0948. The molecule has 1 aromatic heterocycles. The van der Waals surface area contributed by atoms with Crippen molar-refractivity contribution in [2.75, 3.05) is 6.26 Å². The van der Waals surface area contributed by atoms with E-state index in [-0.39, 0.29) is 28.5 Å². The van der Waals surface area contributed by atoms with Crippen LogP contribution in [-0.2, 0) is 16.4 Å². The zero-order valence-electron chi connectivity index (χ0n) is 15.7. The van der Waals surface area contributed by atoms with Gasteiger partial charge < -0.3 is 9.88 Å². The summed E-state index contributed by atoms with van der Waals surface area (Å²) in [5.74, 6) is -0.445. The molecular weight excluding hydrogens is 352 g/mol. The molecule has 0 aliphatic rings. The molecule has 0 saturated heterocycles. The Morgan fingerprint density at radius 1 is 1.15 bits per heavy atom. The van der Waals surface area contributed by atoms with Crippen LogP contribution in [-0.4, -0.2) is 25.1 Å². The summed E-state index contributed by atoms with van der Waals surface area (Å²) in [6.45, 7) is 7.76. The van der Waals surface area contributed by atoms with Crippen molar-refractivity contribution >= 4 is 15.7 Å². The van der Waals surface area contributed by atoms with E-state index in [1.165, 1.54) is 12.1 Å². The first kappa shape index (κ1) is 19.9. The van der Waals surface area contributed by atoms with Gasteiger partial charge in [-0.3, -0.25) is 9.59 Å². The van der Waals surface area contributed by atoms with Crippen LogP contribution >= 0.6 is 0 Å². The molecule has 140 valence electrons. The van der Waals surface area contributed by atoms with Gasteiger partial charge in [0, 0.05) is 36.3 Å². The third-order valence-corrected chi connectivity index (χ3v) is 5.52. The fourth-order valence-corrected chi connectivity index (χ4v) is 3.32. The van der Waals surface area contributed by atoms with Gasteiger partial charge in [0.25, 0.3) is 5.91 Å². The molecule has 0 aliphatic heterocycles. The summed E-state index contributed by atoms with van der Waals surface area (Å²) in [5, 5.41) is 2.73. The van der Waals surface area contributed by atoms with Crippen LogP contribution in [0.5, 0.6) is 0 Å². The number of nitrogens with zero attached hydrogens (tertiary/aromatic N) is 1. The number of hydrogen-bond donors (Lipinski definition) is 1. The molecule has 1 N–H and O–H groups in total. The van der Waals surface area contributed by atoms with Crippen LogP contribution in [0.25, 0.3) is 0 Å². The number of rotatable bonds is 5. The highest BCUT2D eigenvalue weighted by atomic mass is 32.2. The first-order valence-corrected chi connectivity index (χ1v) is 10.2. The Hall–Kier alpha value is -2.41. The summed E-state index contributed by atoms with van der Waals surface area (Å²) in [6.07, 6.45) is 2.74. The molecule has 0 radical (unpaired) electrons. The van der Waals surface area contributed by atoms with E-state index in [4.69, 9.17) is 0 Å². The summed E-state index contributed by atoms with van der Waals surface area (Å²) in [6, 6.07) is 6.41. The van der Waals surface area contributed by atoms with Crippen molar-refractivity contribution in [2.24, 2.45) is 0 Å². The second kappa shape index (κ2) is 7.45. The van der Waals surface area contributed by atoms with Crippen LogP contribution in [0, 0.1) is 13.8 Å². The molecule has 26 heavy (non-hydrogen) atoms. The number of sulfone groups is 1. The monoisotopic (exact) mass is 376 g/mol. The number of carbonyl (C=O) groups excluding carboxylic acids is 1. The maximum Gasteiger partial charge on any atom is 0.257 e. The molecule has 0 atom stereocenters. The molecule has 1 aromatic carbocycles. The van der Waals surface area contributed by atoms with Crippen molar-refractivity contribution in [1.29, 1.82) is 0 Å². The first-order valence-electron chi connectivity index (χ1n) is 8.32. The topological polar surface area (TPSA) is 85.2 Å². The molecule has 0 bridgehead atoms. The first-order chi connectivity index (χ1) is 12.0. The van der Waals surface area contributed by atoms with Gasteiger partial charge in [-0.1, -0.05) is 12.1 Å². The number of nitrogens with one attached hydrogen (secondary N) is 1. The summed E-state index contributed by atoms with van der Waals surface area (Å²) >= 11 is 0. The Morgan fingerprint density at radius 3 is 2.23 bits per heavy atom. The lowest BCUT2D eigenvalue weighted by Crippen LogP contribution is -2.31. The van der Waals surface area contributed by atoms with E-state index >= 15 is 0 Å². The zero-order chi connectivity index (χ0) is 19.6. The Kier molecular flexibility index (Phi) is 5.71. The molecule has 6 nitrogen and oxygen atoms in total. The van der Waals surface area contributed by atoms with Gasteiger partial charge in [-0.05, 0) is 45.4 Å². The third kappa shape index (κ3) is 4.22. The van der Waals surface area contributed by atoms with E-state index in [2.05, 4.69) is 5.32 Å². The molecule has 0 saturated carbocycles. The van der Waals surface area contributed by atoms with Gasteiger partial charge in [0.05, 0.1) is 4.90 Å². The van der Waals surface area contributed by atoms with E-state index in [1.54, 1.807) is 25.3 Å². The Labute approximate surface area is 153 Å². The molecule has 2 rings (SSSR count). The van der Waals surface area contributed by atoms with Crippen LogP contribution in [0.4, 0.5) is 0 Å². The number of hydrogen-bond acceptors (Lipinski definition) is 4. The number of pyridine rings is 1. The van der Waals surface area contributed by atoms with Gasteiger partial charge in [0.2, 0.25) is 0 Å². The normalized spacial score (nSPS) is 11.6. The highest BCUT2D eigenvalue weighted by Crippen LogP contribution is 2.13. The highest BCUT2D eigenvalue weighted by Gasteiger charge is 2.16. The van der Waals surface area contributed by atoms with E-state index in [9.17, 15) is 18.0 Å². The fraction of sp³-hybridized carbons (Fsp3) is 0.368. The van der Waals surface area contributed by atoms with Crippen molar-refractivity contribution < 1.29 is 13.2 Å². The van der Waals surface area contributed by atoms with Crippen LogP contribution in [0.3, 0.4) is 0 Å². The summed E-state index contributed by atoms with van der Waals surface area (Å²) in [7, 11) is -3.25. The molecule has 0 unspecified atom stereocenters. The Bertz CT molecular complexity index is 987. The van der Waals surface area contributed by atoms with E-state index < -0.39 is 15.7 Å². The van der Waals surface area contributed by atoms with Crippen LogP contribution in [0.15, 0.2) is 40.2 Å². The second-order valence-corrected chi connectivity index (χ2v) is 8.70. The number of benzene rings is 1. The maximum absolute atomic E-state index is 12.5. The standard InChI is InChI=1S/C19H24N2O4S/c1-12(2)21-11-17(18(22)13(3)14(21)4)19(23)20-10-15-6-8-16(9-7-15)26(5,24)25/h6-9,11-12H,10H2,1-5H3,(H,20,23). The van der Waals surface area contributed by atoms with Crippen LogP contribution in [0.2, 0.25) is 0 Å². The van der Waals surface area contributed by atoms with E-state index in [1.807, 2.05) is 25.3 Å². The molecular formula is C19H24N2O4S. The quantitative estimate of drug-likeness (QED) is 0.868. The number of carbonyl (C=O) groups is 1. The lowest BCUT2D eigenvalue weighted by Gasteiger charge is -2.18. The van der Waals surface area contributed by atoms with Crippen molar-refractivity contribution in [3.05, 3.63) is 63.1 Å². The van der Waals surface area contributed by atoms with Gasteiger partial charge in [-0.25, -0.2) is 8.42 Å². The van der Waals surface area contributed by atoms with Crippen molar-refractivity contribution in [3.63, 3.8) is 0 Å². The largest absolute Gasteiger partial charge is 0.348 e. The lowest BCUT2D eigenvalue weighted by atomic mass is 10.1. The minimum Gasteiger partial charge on any atom is -0.348 e. The van der Waals surface area contributed by atoms with Crippen molar-refractivity contribution in [1.82, 2.24) is 9.88 Å². The van der Waals surface area contributed by atoms with Gasteiger partial charge in [-0.15, -0.1) is 0 Å². The molecule has 0 fully saturated rings. The average molecular weight is 376 g/mol. The van der Waals surface area contributed by atoms with Gasteiger partial charge in [0.15, 0.2) is 15.3 Å². The van der Waals surface area contributed by atoms with E-state index in [0.29, 0.717) is 5.56 Å². The summed E-state index contributed by atoms with van der Waals surface area (Å²) in [5.41, 5.74) is 1.99. The molecule has 7 heteroatoms. The second-order valence-electron chi connectivity index (χ2n) is 6.68. The van der Waals surface area contributed by atoms with Gasteiger partial charge in [-0.2, -0.15) is 0 Å². The summed E-state index contributed by atoms with van der Waals surface area (Å²) in [4.78, 5) is 25.1. The Morgan fingerprint density at radius 2 is 1.73 bits per heavy atom. The fourth-order valence-electron chi connectivity index (χ4n) is 2.68. The van der Waals surface area contributed by atoms with Crippen LogP contribution < -0.4 is 10.7 Å². The minimum absolute atomic E-state index is 0.106. The zero-order valence-corrected chi connectivity index (χ0v) is 16.5. The third-order valence-electron chi connectivity index (χ3n) is 4.39. The molecule has 1 heterocycles. The van der Waals surface area contributed by atoms with Gasteiger partial charge in [0.1, 0.15) is 5.56 Å². The molecule has 1 amide bonds. The number of amides is 1. The van der Waals surface area contributed by atoms with Gasteiger partial charge >= 0.3 is 0 Å². The van der Waals surface area contributed by atoms with Crippen molar-refractivity contribution in [2.45, 2.75) is 45.2 Å². The van der Waals surface area contributed by atoms with E-state index in [0.717, 1.165) is 17.5 Å². The smallest absolute Gasteiger partial charge is 0.257 e. The molecule has 2 aromatic rings. The highest BCUT2D eigenvalue weighted by molar-refractivity contribution is 7.90. The predicted molar refractivity (Wildman–Crippen MR) is 101 cm³/mol. The molecule has 0 aliphatic carbocycles. The molecule has 0 spiro atoms. The van der Waals surface area contributed by atoms with Crippen molar-refractivity contribution in [3.8, 4) is 0 Å². The maximum atomic E-state index is 12.5. The SMILES string of the molecule is Cc1c(C)n(C(C)C)cc(C(=O)NCc2ccc(S(C)(=O)=O)cc2)c1=O.